The van der Waals surface area contributed by atoms with Gasteiger partial charge in [-0.15, -0.1) is 0 Å². The minimum absolute atomic E-state index is 0.000481. The van der Waals surface area contributed by atoms with Crippen LogP contribution in [0.4, 0.5) is 8.78 Å². The monoisotopic (exact) mass is 269 g/mol. The molecule has 1 atom stereocenters. The molecule has 0 saturated carbocycles. The molecule has 2 rings (SSSR count). The third-order valence-corrected chi connectivity index (χ3v) is 2.82. The summed E-state index contributed by atoms with van der Waals surface area (Å²) in [5.74, 6) is -0.808. The number of pyridine rings is 1. The van der Waals surface area contributed by atoms with Gasteiger partial charge in [0.25, 0.3) is 0 Å². The third kappa shape index (κ3) is 2.59. The van der Waals surface area contributed by atoms with E-state index in [9.17, 15) is 8.78 Å². The smallest absolute Gasteiger partial charge is 0.142 e. The Labute approximate surface area is 108 Å². The maximum atomic E-state index is 13.6. The molecule has 0 saturated heterocycles. The summed E-state index contributed by atoms with van der Waals surface area (Å²) in [5.41, 5.74) is 0.000481. The molecule has 1 heterocycles. The van der Waals surface area contributed by atoms with Crippen molar-refractivity contribution in [2.24, 2.45) is 0 Å². The van der Waals surface area contributed by atoms with Crippen molar-refractivity contribution >= 4 is 11.6 Å². The van der Waals surface area contributed by atoms with Gasteiger partial charge in [0.05, 0.1) is 11.2 Å². The van der Waals surface area contributed by atoms with Crippen LogP contribution < -0.4 is 4.74 Å². The lowest BCUT2D eigenvalue weighted by molar-refractivity contribution is 0.220. The van der Waals surface area contributed by atoms with Crippen molar-refractivity contribution in [2.45, 2.75) is 13.0 Å². The van der Waals surface area contributed by atoms with E-state index in [1.54, 1.807) is 25.3 Å². The number of hydrogen-bond donors (Lipinski definition) is 0. The van der Waals surface area contributed by atoms with Crippen molar-refractivity contribution in [3.63, 3.8) is 0 Å². The molecule has 0 unspecified atom stereocenters. The van der Waals surface area contributed by atoms with E-state index >= 15 is 0 Å². The Bertz CT molecular complexity index is 548. The van der Waals surface area contributed by atoms with Gasteiger partial charge in [-0.1, -0.05) is 11.6 Å². The van der Waals surface area contributed by atoms with Crippen LogP contribution in [0.2, 0.25) is 5.02 Å². The maximum Gasteiger partial charge on any atom is 0.142 e. The first-order chi connectivity index (χ1) is 8.59. The molecule has 0 bridgehead atoms. The third-order valence-electron chi connectivity index (χ3n) is 2.43. The lowest BCUT2D eigenvalue weighted by Crippen LogP contribution is -2.07. The lowest BCUT2D eigenvalue weighted by atomic mass is 10.1. The SMILES string of the molecule is C[C@@H](Oc1cccnc1)c1c(F)ccc(F)c1Cl. The Balaban J connectivity index is 2.29. The summed E-state index contributed by atoms with van der Waals surface area (Å²) in [7, 11) is 0. The Kier molecular flexibility index (Phi) is 3.77. The molecule has 2 nitrogen and oxygen atoms in total. The second kappa shape index (κ2) is 5.31. The average Bonchev–Trinajstić information content (AvgIpc) is 2.36. The number of hydrogen-bond acceptors (Lipinski definition) is 2. The highest BCUT2D eigenvalue weighted by molar-refractivity contribution is 6.31. The zero-order valence-electron chi connectivity index (χ0n) is 9.53. The molecule has 0 spiro atoms. The molecule has 1 aromatic heterocycles. The van der Waals surface area contributed by atoms with Crippen LogP contribution in [0.3, 0.4) is 0 Å². The number of aromatic nitrogens is 1. The second-order valence-electron chi connectivity index (χ2n) is 3.71. The molecular formula is C13H10ClF2NO. The first-order valence-electron chi connectivity index (χ1n) is 5.29. The van der Waals surface area contributed by atoms with Gasteiger partial charge in [0.1, 0.15) is 23.5 Å². The van der Waals surface area contributed by atoms with E-state index in [1.165, 1.54) is 6.20 Å². The van der Waals surface area contributed by atoms with Crippen LogP contribution >= 0.6 is 11.6 Å². The number of halogens is 3. The van der Waals surface area contributed by atoms with Crippen molar-refractivity contribution in [3.05, 3.63) is 58.9 Å². The fourth-order valence-electron chi connectivity index (χ4n) is 1.60. The number of benzene rings is 1. The van der Waals surface area contributed by atoms with Crippen LogP contribution in [0.15, 0.2) is 36.7 Å². The molecule has 94 valence electrons. The molecule has 0 radical (unpaired) electrons. The van der Waals surface area contributed by atoms with Crippen molar-refractivity contribution in [2.75, 3.05) is 0 Å². The van der Waals surface area contributed by atoms with Crippen LogP contribution in [0.5, 0.6) is 5.75 Å². The number of rotatable bonds is 3. The summed E-state index contributed by atoms with van der Waals surface area (Å²) in [6.45, 7) is 1.59. The largest absolute Gasteiger partial charge is 0.484 e. The average molecular weight is 270 g/mol. The second-order valence-corrected chi connectivity index (χ2v) is 4.08. The molecule has 0 amide bonds. The van der Waals surface area contributed by atoms with Gasteiger partial charge >= 0.3 is 0 Å². The summed E-state index contributed by atoms with van der Waals surface area (Å²) < 4.78 is 32.4. The fraction of sp³-hybridized carbons (Fsp3) is 0.154. The molecule has 5 heteroatoms. The van der Waals surface area contributed by atoms with Crippen LogP contribution in [0.1, 0.15) is 18.6 Å². The Morgan fingerprint density at radius 3 is 2.61 bits per heavy atom. The number of nitrogens with zero attached hydrogens (tertiary/aromatic N) is 1. The van der Waals surface area contributed by atoms with Crippen molar-refractivity contribution in [3.8, 4) is 5.75 Å². The van der Waals surface area contributed by atoms with Crippen molar-refractivity contribution in [1.82, 2.24) is 4.98 Å². The molecule has 1 aromatic carbocycles. The van der Waals surface area contributed by atoms with Crippen molar-refractivity contribution < 1.29 is 13.5 Å². The summed E-state index contributed by atoms with van der Waals surface area (Å²) in [4.78, 5) is 3.87. The molecule has 0 N–H and O–H groups in total. The summed E-state index contributed by atoms with van der Waals surface area (Å²) in [5, 5.41) is -0.258. The van der Waals surface area contributed by atoms with E-state index in [1.807, 2.05) is 0 Å². The van der Waals surface area contributed by atoms with Gasteiger partial charge in [0.2, 0.25) is 0 Å². The number of ether oxygens (including phenoxy) is 1. The zero-order valence-corrected chi connectivity index (χ0v) is 10.3. The molecule has 2 aromatic rings. The van der Waals surface area contributed by atoms with Gasteiger partial charge in [0, 0.05) is 11.8 Å². The quantitative estimate of drug-likeness (QED) is 0.781. The van der Waals surface area contributed by atoms with Crippen LogP contribution in [0, 0.1) is 11.6 Å². The summed E-state index contributed by atoms with van der Waals surface area (Å²) in [6.07, 6.45) is 2.37. The van der Waals surface area contributed by atoms with E-state index in [-0.39, 0.29) is 10.6 Å². The van der Waals surface area contributed by atoms with Gasteiger partial charge in [-0.3, -0.25) is 4.98 Å². The van der Waals surface area contributed by atoms with Gasteiger partial charge in [-0.25, -0.2) is 8.78 Å². The molecule has 0 fully saturated rings. The Morgan fingerprint density at radius 2 is 1.94 bits per heavy atom. The van der Waals surface area contributed by atoms with Gasteiger partial charge in [-0.05, 0) is 31.2 Å². The highest BCUT2D eigenvalue weighted by atomic mass is 35.5. The normalized spacial score (nSPS) is 12.2. The van der Waals surface area contributed by atoms with Gasteiger partial charge in [0.15, 0.2) is 0 Å². The van der Waals surface area contributed by atoms with E-state index in [0.717, 1.165) is 12.1 Å². The molecule has 18 heavy (non-hydrogen) atoms. The predicted molar refractivity (Wildman–Crippen MR) is 64.6 cm³/mol. The Morgan fingerprint density at radius 1 is 1.22 bits per heavy atom. The highest BCUT2D eigenvalue weighted by Crippen LogP contribution is 2.31. The summed E-state index contributed by atoms with van der Waals surface area (Å²) in [6, 6.07) is 5.37. The Hall–Kier alpha value is -1.68. The zero-order chi connectivity index (χ0) is 13.1. The molecule has 0 aliphatic heterocycles. The molecule has 0 aliphatic carbocycles. The van der Waals surface area contributed by atoms with Crippen LogP contribution in [-0.4, -0.2) is 4.98 Å². The first-order valence-corrected chi connectivity index (χ1v) is 5.67. The fourth-order valence-corrected chi connectivity index (χ4v) is 1.90. The summed E-state index contributed by atoms with van der Waals surface area (Å²) >= 11 is 5.75. The minimum atomic E-state index is -0.711. The van der Waals surface area contributed by atoms with Gasteiger partial charge < -0.3 is 4.74 Å². The molecule has 0 aliphatic rings. The topological polar surface area (TPSA) is 22.1 Å². The van der Waals surface area contributed by atoms with E-state index in [2.05, 4.69) is 4.98 Å². The first kappa shape index (κ1) is 12.8. The van der Waals surface area contributed by atoms with Crippen molar-refractivity contribution in [1.29, 1.82) is 0 Å². The minimum Gasteiger partial charge on any atom is -0.484 e. The van der Waals surface area contributed by atoms with Crippen LogP contribution in [0.25, 0.3) is 0 Å². The van der Waals surface area contributed by atoms with E-state index < -0.39 is 17.7 Å². The van der Waals surface area contributed by atoms with E-state index in [4.69, 9.17) is 16.3 Å². The predicted octanol–water partition coefficient (Wildman–Crippen LogP) is 4.15. The highest BCUT2D eigenvalue weighted by Gasteiger charge is 2.19. The molecular weight excluding hydrogens is 260 g/mol. The van der Waals surface area contributed by atoms with Crippen LogP contribution in [-0.2, 0) is 0 Å². The van der Waals surface area contributed by atoms with Gasteiger partial charge in [-0.2, -0.15) is 0 Å². The lowest BCUT2D eigenvalue weighted by Gasteiger charge is -2.17. The maximum absolute atomic E-state index is 13.6. The van der Waals surface area contributed by atoms with E-state index in [0.29, 0.717) is 5.75 Å². The standard InChI is InChI=1S/C13H10ClF2NO/c1-8(18-9-3-2-6-17-7-9)12-10(15)4-5-11(16)13(12)14/h2-8H,1H3/t8-/m1/s1.